The van der Waals surface area contributed by atoms with Crippen molar-refractivity contribution in [2.75, 3.05) is 0 Å². The van der Waals surface area contributed by atoms with E-state index in [0.29, 0.717) is 5.15 Å². The van der Waals surface area contributed by atoms with E-state index in [9.17, 15) is 0 Å². The Bertz CT molecular complexity index is 321. The molecule has 1 heterocycles. The molecule has 14 heavy (non-hydrogen) atoms. The van der Waals surface area contributed by atoms with E-state index in [4.69, 9.17) is 11.6 Å². The third-order valence-electron chi connectivity index (χ3n) is 2.47. The molecule has 1 aliphatic rings. The molecule has 0 spiro atoms. The van der Waals surface area contributed by atoms with Gasteiger partial charge >= 0.3 is 0 Å². The lowest BCUT2D eigenvalue weighted by Gasteiger charge is -2.03. The molecule has 0 atom stereocenters. The molecule has 3 heteroatoms. The number of aryl methyl sites for hydroxylation is 1. The van der Waals surface area contributed by atoms with Crippen molar-refractivity contribution in [2.45, 2.75) is 39.0 Å². The van der Waals surface area contributed by atoms with Gasteiger partial charge in [0.2, 0.25) is 0 Å². The summed E-state index contributed by atoms with van der Waals surface area (Å²) in [5, 5.41) is 0.596. The van der Waals surface area contributed by atoms with Gasteiger partial charge in [-0.1, -0.05) is 24.9 Å². The van der Waals surface area contributed by atoms with Crippen molar-refractivity contribution in [3.63, 3.8) is 0 Å². The summed E-state index contributed by atoms with van der Waals surface area (Å²) in [5.74, 6) is 1.76. The van der Waals surface area contributed by atoms with E-state index in [1.54, 1.807) is 0 Å². The van der Waals surface area contributed by atoms with Crippen LogP contribution in [0.5, 0.6) is 0 Å². The normalized spacial score (nSPS) is 15.9. The van der Waals surface area contributed by atoms with E-state index in [0.717, 1.165) is 36.7 Å². The highest BCUT2D eigenvalue weighted by atomic mass is 35.5. The highest BCUT2D eigenvalue weighted by Gasteiger charge is 2.23. The fourth-order valence-electron chi connectivity index (χ4n) is 1.57. The van der Waals surface area contributed by atoms with Crippen LogP contribution < -0.4 is 0 Å². The molecule has 2 nitrogen and oxygen atoms in total. The molecule has 1 aliphatic carbocycles. The molecular formula is C11H15ClN2. The van der Waals surface area contributed by atoms with Gasteiger partial charge in [0.05, 0.1) is 0 Å². The first-order valence-corrected chi connectivity index (χ1v) is 5.68. The van der Waals surface area contributed by atoms with Gasteiger partial charge in [-0.05, 0) is 31.2 Å². The molecular weight excluding hydrogens is 196 g/mol. The maximum atomic E-state index is 5.94. The van der Waals surface area contributed by atoms with Crippen LogP contribution in [0.3, 0.4) is 0 Å². The second-order valence-electron chi connectivity index (χ2n) is 4.00. The van der Waals surface area contributed by atoms with Gasteiger partial charge in [-0.25, -0.2) is 9.97 Å². The molecule has 1 fully saturated rings. The van der Waals surface area contributed by atoms with Crippen LogP contribution in [-0.4, -0.2) is 9.97 Å². The summed E-state index contributed by atoms with van der Waals surface area (Å²) in [6, 6.07) is 1.88. The number of halogens is 1. The first-order valence-electron chi connectivity index (χ1n) is 5.30. The molecule has 0 aromatic carbocycles. The standard InChI is InChI=1S/C11H15ClN2/c1-2-3-9-7-10(12)14-11(13-9)6-8-4-5-8/h7-8H,2-6H2,1H3. The van der Waals surface area contributed by atoms with Crippen molar-refractivity contribution in [1.82, 2.24) is 9.97 Å². The van der Waals surface area contributed by atoms with Crippen LogP contribution in [0.15, 0.2) is 6.07 Å². The monoisotopic (exact) mass is 210 g/mol. The fraction of sp³-hybridized carbons (Fsp3) is 0.636. The second kappa shape index (κ2) is 4.26. The van der Waals surface area contributed by atoms with E-state index in [2.05, 4.69) is 16.9 Å². The maximum Gasteiger partial charge on any atom is 0.133 e. The average molecular weight is 211 g/mol. The van der Waals surface area contributed by atoms with Gasteiger partial charge in [0.15, 0.2) is 0 Å². The molecule has 0 unspecified atom stereocenters. The Morgan fingerprint density at radius 1 is 1.43 bits per heavy atom. The summed E-state index contributed by atoms with van der Waals surface area (Å²) in [6.07, 6.45) is 5.78. The lowest BCUT2D eigenvalue weighted by molar-refractivity contribution is 0.749. The first kappa shape index (κ1) is 9.91. The van der Waals surface area contributed by atoms with Crippen LogP contribution in [0.25, 0.3) is 0 Å². The Hall–Kier alpha value is -0.630. The van der Waals surface area contributed by atoms with Gasteiger partial charge in [-0.15, -0.1) is 0 Å². The van der Waals surface area contributed by atoms with Gasteiger partial charge in [0.1, 0.15) is 11.0 Å². The van der Waals surface area contributed by atoms with Crippen molar-refractivity contribution >= 4 is 11.6 Å². The van der Waals surface area contributed by atoms with Crippen LogP contribution in [0.2, 0.25) is 5.15 Å². The molecule has 1 aromatic heterocycles. The molecule has 0 amide bonds. The van der Waals surface area contributed by atoms with Crippen molar-refractivity contribution in [1.29, 1.82) is 0 Å². The zero-order valence-electron chi connectivity index (χ0n) is 8.46. The van der Waals surface area contributed by atoms with Gasteiger partial charge in [0.25, 0.3) is 0 Å². The molecule has 76 valence electrons. The lowest BCUT2D eigenvalue weighted by Crippen LogP contribution is -2.01. The van der Waals surface area contributed by atoms with E-state index >= 15 is 0 Å². The minimum atomic E-state index is 0.596. The molecule has 0 saturated heterocycles. The Morgan fingerprint density at radius 3 is 2.86 bits per heavy atom. The predicted octanol–water partition coefficient (Wildman–Crippen LogP) is 3.04. The third-order valence-corrected chi connectivity index (χ3v) is 2.66. The quantitative estimate of drug-likeness (QED) is 0.714. The summed E-state index contributed by atoms with van der Waals surface area (Å²) >= 11 is 5.94. The van der Waals surface area contributed by atoms with Crippen LogP contribution in [0.4, 0.5) is 0 Å². The van der Waals surface area contributed by atoms with Gasteiger partial charge in [-0.3, -0.25) is 0 Å². The lowest BCUT2D eigenvalue weighted by atomic mass is 10.2. The van der Waals surface area contributed by atoms with Crippen LogP contribution >= 0.6 is 11.6 Å². The fourth-order valence-corrected chi connectivity index (χ4v) is 1.80. The Balaban J connectivity index is 2.12. The molecule has 0 bridgehead atoms. The van der Waals surface area contributed by atoms with Gasteiger partial charge in [0, 0.05) is 12.1 Å². The Morgan fingerprint density at radius 2 is 2.21 bits per heavy atom. The Labute approximate surface area is 89.7 Å². The highest BCUT2D eigenvalue weighted by Crippen LogP contribution is 2.31. The first-order chi connectivity index (χ1) is 6.78. The highest BCUT2D eigenvalue weighted by molar-refractivity contribution is 6.29. The summed E-state index contributed by atoms with van der Waals surface area (Å²) in [6.45, 7) is 2.15. The number of hydrogen-bond acceptors (Lipinski definition) is 2. The van der Waals surface area contributed by atoms with E-state index in [-0.39, 0.29) is 0 Å². The molecule has 1 saturated carbocycles. The maximum absolute atomic E-state index is 5.94. The number of nitrogens with zero attached hydrogens (tertiary/aromatic N) is 2. The molecule has 2 rings (SSSR count). The van der Waals surface area contributed by atoms with E-state index in [1.807, 2.05) is 6.07 Å². The van der Waals surface area contributed by atoms with Crippen LogP contribution in [0, 0.1) is 5.92 Å². The summed E-state index contributed by atoms with van der Waals surface area (Å²) in [4.78, 5) is 8.76. The third kappa shape index (κ3) is 2.68. The molecule has 1 aromatic rings. The van der Waals surface area contributed by atoms with Gasteiger partial charge in [-0.2, -0.15) is 0 Å². The molecule has 0 radical (unpaired) electrons. The number of hydrogen-bond donors (Lipinski definition) is 0. The van der Waals surface area contributed by atoms with E-state index in [1.165, 1.54) is 12.8 Å². The predicted molar refractivity (Wildman–Crippen MR) is 57.5 cm³/mol. The number of rotatable bonds is 4. The SMILES string of the molecule is CCCc1cc(Cl)nc(CC2CC2)n1. The van der Waals surface area contributed by atoms with Crippen LogP contribution in [-0.2, 0) is 12.8 Å². The minimum Gasteiger partial charge on any atom is -0.238 e. The van der Waals surface area contributed by atoms with Crippen molar-refractivity contribution < 1.29 is 0 Å². The summed E-state index contributed by atoms with van der Waals surface area (Å²) in [7, 11) is 0. The zero-order chi connectivity index (χ0) is 9.97. The zero-order valence-corrected chi connectivity index (χ0v) is 9.22. The minimum absolute atomic E-state index is 0.596. The van der Waals surface area contributed by atoms with Gasteiger partial charge < -0.3 is 0 Å². The van der Waals surface area contributed by atoms with Crippen molar-refractivity contribution in [2.24, 2.45) is 5.92 Å². The van der Waals surface area contributed by atoms with Crippen molar-refractivity contribution in [3.8, 4) is 0 Å². The molecule has 0 N–H and O–H groups in total. The number of aromatic nitrogens is 2. The van der Waals surface area contributed by atoms with Crippen LogP contribution in [0.1, 0.15) is 37.7 Å². The Kier molecular flexibility index (Phi) is 3.02. The van der Waals surface area contributed by atoms with Crippen molar-refractivity contribution in [3.05, 3.63) is 22.7 Å². The molecule has 0 aliphatic heterocycles. The topological polar surface area (TPSA) is 25.8 Å². The largest absolute Gasteiger partial charge is 0.238 e. The smallest absolute Gasteiger partial charge is 0.133 e. The van der Waals surface area contributed by atoms with E-state index < -0.39 is 0 Å². The summed E-state index contributed by atoms with van der Waals surface area (Å²) in [5.41, 5.74) is 1.09. The average Bonchev–Trinajstić information content (AvgIpc) is 2.87. The summed E-state index contributed by atoms with van der Waals surface area (Å²) < 4.78 is 0. The second-order valence-corrected chi connectivity index (χ2v) is 4.38.